The number of methoxy groups -OCH3 is 2. The Hall–Kier alpha value is -2.55. The van der Waals surface area contributed by atoms with E-state index < -0.39 is 0 Å². The molecule has 0 bridgehead atoms. The summed E-state index contributed by atoms with van der Waals surface area (Å²) in [5.74, 6) is 1.06. The first-order valence-corrected chi connectivity index (χ1v) is 11.3. The van der Waals surface area contributed by atoms with E-state index in [2.05, 4.69) is 15.1 Å². The summed E-state index contributed by atoms with van der Waals surface area (Å²) in [4.78, 5) is 21.9. The normalized spacial score (nSPS) is 14.6. The molecule has 1 fully saturated rings. The minimum Gasteiger partial charge on any atom is -0.497 e. The highest BCUT2D eigenvalue weighted by Gasteiger charge is 2.20. The van der Waals surface area contributed by atoms with Crippen molar-refractivity contribution < 1.29 is 14.3 Å². The van der Waals surface area contributed by atoms with Crippen LogP contribution in [-0.2, 0) is 0 Å². The van der Waals surface area contributed by atoms with Gasteiger partial charge in [-0.05, 0) is 30.3 Å². The van der Waals surface area contributed by atoms with Gasteiger partial charge in [-0.15, -0.1) is 0 Å². The van der Waals surface area contributed by atoms with Crippen molar-refractivity contribution in [3.63, 3.8) is 0 Å². The Kier molecular flexibility index (Phi) is 6.80. The lowest BCUT2D eigenvalue weighted by molar-refractivity contribution is 0.0947. The molecule has 4 rings (SSSR count). The molecule has 0 aliphatic carbocycles. The van der Waals surface area contributed by atoms with Crippen molar-refractivity contribution in [3.8, 4) is 11.5 Å². The van der Waals surface area contributed by atoms with Gasteiger partial charge in [0.25, 0.3) is 5.91 Å². The number of carbonyl (C=O) groups excluding carboxylic acids is 1. The first kappa shape index (κ1) is 21.7. The van der Waals surface area contributed by atoms with E-state index in [-0.39, 0.29) is 5.91 Å². The molecule has 1 aliphatic rings. The maximum absolute atomic E-state index is 12.5. The number of nitrogens with zero attached hydrogens (tertiary/aromatic N) is 3. The molecule has 0 atom stereocenters. The molecular weight excluding hydrogens is 436 g/mol. The van der Waals surface area contributed by atoms with Crippen LogP contribution in [0.5, 0.6) is 11.5 Å². The molecule has 7 nitrogen and oxygen atoms in total. The predicted molar refractivity (Wildman–Crippen MR) is 125 cm³/mol. The highest BCUT2D eigenvalue weighted by atomic mass is 35.5. The summed E-state index contributed by atoms with van der Waals surface area (Å²) >= 11 is 7.77. The number of ether oxygens (including phenoxy) is 2. The Morgan fingerprint density at radius 3 is 2.48 bits per heavy atom. The monoisotopic (exact) mass is 460 g/mol. The van der Waals surface area contributed by atoms with Gasteiger partial charge in [0.2, 0.25) is 0 Å². The summed E-state index contributed by atoms with van der Waals surface area (Å²) < 4.78 is 11.6. The molecule has 0 saturated carbocycles. The van der Waals surface area contributed by atoms with Crippen molar-refractivity contribution in [1.29, 1.82) is 0 Å². The van der Waals surface area contributed by atoms with Crippen LogP contribution >= 0.6 is 22.9 Å². The third kappa shape index (κ3) is 5.20. The van der Waals surface area contributed by atoms with Crippen molar-refractivity contribution in [2.24, 2.45) is 0 Å². The van der Waals surface area contributed by atoms with Gasteiger partial charge in [-0.25, -0.2) is 4.98 Å². The van der Waals surface area contributed by atoms with E-state index in [1.165, 1.54) is 0 Å². The molecule has 3 aromatic rings. The summed E-state index contributed by atoms with van der Waals surface area (Å²) in [6.45, 7) is 5.07. The second-order valence-electron chi connectivity index (χ2n) is 7.29. The molecule has 2 heterocycles. The van der Waals surface area contributed by atoms with Gasteiger partial charge >= 0.3 is 0 Å². The molecule has 1 aromatic heterocycles. The first-order chi connectivity index (χ1) is 15.1. The molecule has 0 unspecified atom stereocenters. The molecule has 0 radical (unpaired) electrons. The standard InChI is InChI=1S/C22H25ClN4O3S/c1-29-17-11-15(12-18(14-17)30-2)21(28)24-5-6-26-7-9-27(10-8-26)22-25-19-4-3-16(23)13-20(19)31-22/h3-4,11-14H,5-10H2,1-2H3,(H,24,28). The topological polar surface area (TPSA) is 66.9 Å². The first-order valence-electron chi connectivity index (χ1n) is 10.1. The average Bonchev–Trinajstić information content (AvgIpc) is 3.22. The Balaban J connectivity index is 1.26. The zero-order chi connectivity index (χ0) is 21.8. The minimum atomic E-state index is -0.135. The van der Waals surface area contributed by atoms with Crippen LogP contribution < -0.4 is 19.7 Å². The molecule has 1 aliphatic heterocycles. The minimum absolute atomic E-state index is 0.135. The number of fused-ring (bicyclic) bond motifs is 1. The van der Waals surface area contributed by atoms with Crippen LogP contribution in [0.1, 0.15) is 10.4 Å². The van der Waals surface area contributed by atoms with Gasteiger partial charge in [-0.1, -0.05) is 22.9 Å². The van der Waals surface area contributed by atoms with E-state index in [9.17, 15) is 4.79 Å². The molecule has 2 aromatic carbocycles. The summed E-state index contributed by atoms with van der Waals surface area (Å²) in [6, 6.07) is 11.0. The van der Waals surface area contributed by atoms with Gasteiger partial charge in [-0.2, -0.15) is 0 Å². The number of anilines is 1. The van der Waals surface area contributed by atoms with Crippen molar-refractivity contribution in [2.75, 3.05) is 58.4 Å². The van der Waals surface area contributed by atoms with E-state index in [1.807, 2.05) is 18.2 Å². The van der Waals surface area contributed by atoms with E-state index in [0.29, 0.717) is 23.6 Å². The Morgan fingerprint density at radius 1 is 1.10 bits per heavy atom. The van der Waals surface area contributed by atoms with Gasteiger partial charge in [0.05, 0.1) is 24.4 Å². The summed E-state index contributed by atoms with van der Waals surface area (Å²) in [5.41, 5.74) is 1.51. The molecule has 164 valence electrons. The summed E-state index contributed by atoms with van der Waals surface area (Å²) in [7, 11) is 3.14. The maximum Gasteiger partial charge on any atom is 0.251 e. The van der Waals surface area contributed by atoms with Crippen LogP contribution in [0, 0.1) is 0 Å². The average molecular weight is 461 g/mol. The van der Waals surface area contributed by atoms with Gasteiger partial charge < -0.3 is 19.7 Å². The summed E-state index contributed by atoms with van der Waals surface area (Å²) in [5, 5.41) is 4.76. The van der Waals surface area contributed by atoms with Crippen molar-refractivity contribution >= 4 is 44.2 Å². The number of aromatic nitrogens is 1. The fourth-order valence-corrected chi connectivity index (χ4v) is 4.85. The second kappa shape index (κ2) is 9.72. The Morgan fingerprint density at radius 2 is 1.81 bits per heavy atom. The lowest BCUT2D eigenvalue weighted by atomic mass is 10.2. The molecule has 31 heavy (non-hydrogen) atoms. The van der Waals surface area contributed by atoms with E-state index in [0.717, 1.165) is 53.1 Å². The van der Waals surface area contributed by atoms with Crippen molar-refractivity contribution in [3.05, 3.63) is 47.0 Å². The van der Waals surface area contributed by atoms with Gasteiger partial charge in [0, 0.05) is 55.9 Å². The number of hydrogen-bond acceptors (Lipinski definition) is 7. The number of carbonyl (C=O) groups is 1. The lowest BCUT2D eigenvalue weighted by Crippen LogP contribution is -2.48. The lowest BCUT2D eigenvalue weighted by Gasteiger charge is -2.34. The molecule has 1 saturated heterocycles. The summed E-state index contributed by atoms with van der Waals surface area (Å²) in [6.07, 6.45) is 0. The molecular formula is C22H25ClN4O3S. The van der Waals surface area contributed by atoms with E-state index in [1.54, 1.807) is 43.8 Å². The number of rotatable bonds is 7. The highest BCUT2D eigenvalue weighted by Crippen LogP contribution is 2.31. The number of halogens is 1. The van der Waals surface area contributed by atoms with Gasteiger partial charge in [-0.3, -0.25) is 9.69 Å². The van der Waals surface area contributed by atoms with E-state index >= 15 is 0 Å². The molecule has 9 heteroatoms. The zero-order valence-electron chi connectivity index (χ0n) is 17.6. The van der Waals surface area contributed by atoms with Crippen LogP contribution in [0.4, 0.5) is 5.13 Å². The highest BCUT2D eigenvalue weighted by molar-refractivity contribution is 7.22. The number of amides is 1. The second-order valence-corrected chi connectivity index (χ2v) is 8.74. The molecule has 1 N–H and O–H groups in total. The zero-order valence-corrected chi connectivity index (χ0v) is 19.1. The maximum atomic E-state index is 12.5. The predicted octanol–water partition coefficient (Wildman–Crippen LogP) is 3.52. The number of thiazole rings is 1. The Bertz CT molecular complexity index is 1040. The SMILES string of the molecule is COc1cc(OC)cc(C(=O)NCCN2CCN(c3nc4ccc(Cl)cc4s3)CC2)c1. The number of piperazine rings is 1. The number of benzene rings is 2. The van der Waals surface area contributed by atoms with Crippen molar-refractivity contribution in [2.45, 2.75) is 0 Å². The van der Waals surface area contributed by atoms with Crippen LogP contribution in [0.25, 0.3) is 10.2 Å². The van der Waals surface area contributed by atoms with E-state index in [4.69, 9.17) is 26.1 Å². The molecule has 0 spiro atoms. The van der Waals surface area contributed by atoms with Crippen LogP contribution in [0.15, 0.2) is 36.4 Å². The largest absolute Gasteiger partial charge is 0.497 e. The third-order valence-corrected chi connectivity index (χ3v) is 6.62. The number of nitrogens with one attached hydrogen (secondary N) is 1. The van der Waals surface area contributed by atoms with Crippen LogP contribution in [-0.4, -0.2) is 69.3 Å². The molecule has 1 amide bonds. The van der Waals surface area contributed by atoms with Gasteiger partial charge in [0.15, 0.2) is 5.13 Å². The Labute approximate surface area is 190 Å². The smallest absolute Gasteiger partial charge is 0.251 e. The number of hydrogen-bond donors (Lipinski definition) is 1. The fraction of sp³-hybridized carbons (Fsp3) is 0.364. The quantitative estimate of drug-likeness (QED) is 0.582. The van der Waals surface area contributed by atoms with Crippen LogP contribution in [0.2, 0.25) is 5.02 Å². The fourth-order valence-electron chi connectivity index (χ4n) is 3.55. The third-order valence-electron chi connectivity index (χ3n) is 5.31. The van der Waals surface area contributed by atoms with Crippen molar-refractivity contribution in [1.82, 2.24) is 15.2 Å². The van der Waals surface area contributed by atoms with Crippen LogP contribution in [0.3, 0.4) is 0 Å². The van der Waals surface area contributed by atoms with Gasteiger partial charge in [0.1, 0.15) is 11.5 Å².